The van der Waals surface area contributed by atoms with Crippen LogP contribution in [0.3, 0.4) is 0 Å². The number of halogens is 4. The van der Waals surface area contributed by atoms with Crippen LogP contribution in [-0.2, 0) is 21.0 Å². The van der Waals surface area contributed by atoms with Gasteiger partial charge in [-0.15, -0.1) is 0 Å². The second-order valence-electron chi connectivity index (χ2n) is 6.46. The van der Waals surface area contributed by atoms with Crippen molar-refractivity contribution in [1.29, 1.82) is 0 Å². The third-order valence-corrected chi connectivity index (χ3v) is 5.66. The van der Waals surface area contributed by atoms with Crippen LogP contribution in [0.5, 0.6) is 5.75 Å². The molecule has 0 unspecified atom stereocenters. The van der Waals surface area contributed by atoms with Crippen molar-refractivity contribution in [2.45, 2.75) is 19.1 Å². The zero-order valence-electron chi connectivity index (χ0n) is 16.3. The molecule has 0 bridgehead atoms. The van der Waals surface area contributed by atoms with E-state index >= 15 is 0 Å². The van der Waals surface area contributed by atoms with Gasteiger partial charge in [0.15, 0.2) is 0 Å². The van der Waals surface area contributed by atoms with Gasteiger partial charge in [0.05, 0.1) is 35.7 Å². The second kappa shape index (κ2) is 9.13. The first kappa shape index (κ1) is 23.8. The number of nitrogens with one attached hydrogen (secondary N) is 1. The van der Waals surface area contributed by atoms with Crippen LogP contribution in [0.4, 0.5) is 18.9 Å². The highest BCUT2D eigenvalue weighted by Crippen LogP contribution is 2.36. The Hall–Kier alpha value is -2.46. The Morgan fingerprint density at radius 1 is 1.23 bits per heavy atom. The molecule has 2 aromatic rings. The summed E-state index contributed by atoms with van der Waals surface area (Å²) in [7, 11) is -2.65. The van der Waals surface area contributed by atoms with Gasteiger partial charge in [-0.2, -0.15) is 13.2 Å². The van der Waals surface area contributed by atoms with Gasteiger partial charge in [0.25, 0.3) is 0 Å². The van der Waals surface area contributed by atoms with E-state index in [9.17, 15) is 26.4 Å². The minimum atomic E-state index is -4.71. The van der Waals surface area contributed by atoms with E-state index in [4.69, 9.17) is 16.3 Å². The van der Waals surface area contributed by atoms with Crippen molar-refractivity contribution < 1.29 is 31.1 Å². The number of amides is 1. The molecule has 30 heavy (non-hydrogen) atoms. The highest BCUT2D eigenvalue weighted by molar-refractivity contribution is 7.92. The van der Waals surface area contributed by atoms with Gasteiger partial charge in [0.1, 0.15) is 12.3 Å². The summed E-state index contributed by atoms with van der Waals surface area (Å²) in [5.74, 6) is -0.210. The first-order valence-corrected chi connectivity index (χ1v) is 10.8. The van der Waals surface area contributed by atoms with Crippen LogP contribution < -0.4 is 14.4 Å². The summed E-state index contributed by atoms with van der Waals surface area (Å²) in [5, 5.41) is 2.38. The summed E-state index contributed by atoms with van der Waals surface area (Å²) in [6.45, 7) is 0.914. The minimum Gasteiger partial charge on any atom is -0.496 e. The fraction of sp³-hybridized carbons (Fsp3) is 0.316. The molecule has 0 fully saturated rings. The molecule has 164 valence electrons. The van der Waals surface area contributed by atoms with Crippen LogP contribution in [0, 0.1) is 0 Å². The zero-order chi connectivity index (χ0) is 22.7. The highest BCUT2D eigenvalue weighted by atomic mass is 35.5. The number of carbonyl (C=O) groups excluding carboxylic acids is 1. The van der Waals surface area contributed by atoms with Gasteiger partial charge in [-0.25, -0.2) is 8.42 Å². The Morgan fingerprint density at radius 2 is 1.87 bits per heavy atom. The fourth-order valence-corrected chi connectivity index (χ4v) is 3.91. The maximum absolute atomic E-state index is 13.1. The van der Waals surface area contributed by atoms with Crippen molar-refractivity contribution in [2.75, 3.05) is 24.2 Å². The van der Waals surface area contributed by atoms with E-state index in [0.29, 0.717) is 21.7 Å². The van der Waals surface area contributed by atoms with E-state index in [1.807, 2.05) is 0 Å². The number of ether oxygens (including phenoxy) is 1. The monoisotopic (exact) mass is 464 g/mol. The number of sulfonamides is 1. The minimum absolute atomic E-state index is 0.237. The van der Waals surface area contributed by atoms with Gasteiger partial charge < -0.3 is 10.1 Å². The van der Waals surface area contributed by atoms with Crippen LogP contribution in [0.2, 0.25) is 5.02 Å². The largest absolute Gasteiger partial charge is 0.496 e. The predicted octanol–water partition coefficient (Wildman–Crippen LogP) is 4.01. The quantitative estimate of drug-likeness (QED) is 0.671. The molecule has 0 saturated heterocycles. The normalized spacial score (nSPS) is 12.9. The van der Waals surface area contributed by atoms with E-state index in [-0.39, 0.29) is 5.02 Å². The van der Waals surface area contributed by atoms with Crippen LogP contribution in [0.25, 0.3) is 0 Å². The van der Waals surface area contributed by atoms with Crippen LogP contribution >= 0.6 is 11.6 Å². The van der Waals surface area contributed by atoms with Crippen molar-refractivity contribution in [2.24, 2.45) is 0 Å². The Balaban J connectivity index is 2.31. The molecule has 1 atom stereocenters. The first-order valence-electron chi connectivity index (χ1n) is 8.61. The number of hydrogen-bond donors (Lipinski definition) is 1. The maximum atomic E-state index is 13.1. The number of alkyl halides is 3. The third kappa shape index (κ3) is 5.79. The van der Waals surface area contributed by atoms with Gasteiger partial charge in [0, 0.05) is 5.56 Å². The Labute approximate surface area is 177 Å². The van der Waals surface area contributed by atoms with E-state index in [1.54, 1.807) is 31.2 Å². The predicted molar refractivity (Wildman–Crippen MR) is 108 cm³/mol. The molecule has 0 aliphatic carbocycles. The lowest BCUT2D eigenvalue weighted by molar-refractivity contribution is -0.137. The lowest BCUT2D eigenvalue weighted by Gasteiger charge is -2.25. The highest BCUT2D eigenvalue weighted by Gasteiger charge is 2.33. The maximum Gasteiger partial charge on any atom is 0.416 e. The Kier molecular flexibility index (Phi) is 7.25. The fourth-order valence-electron chi connectivity index (χ4n) is 2.78. The van der Waals surface area contributed by atoms with Gasteiger partial charge in [-0.3, -0.25) is 9.10 Å². The molecule has 11 heteroatoms. The van der Waals surface area contributed by atoms with Crippen molar-refractivity contribution in [3.63, 3.8) is 0 Å². The molecular weight excluding hydrogens is 445 g/mol. The van der Waals surface area contributed by atoms with Gasteiger partial charge in [-0.05, 0) is 31.2 Å². The summed E-state index contributed by atoms with van der Waals surface area (Å²) >= 11 is 5.95. The van der Waals surface area contributed by atoms with Crippen molar-refractivity contribution in [3.05, 3.63) is 58.6 Å². The van der Waals surface area contributed by atoms with Crippen LogP contribution in [-0.4, -0.2) is 34.2 Å². The second-order valence-corrected chi connectivity index (χ2v) is 8.78. The molecule has 0 aromatic heterocycles. The number of benzene rings is 2. The number of methoxy groups -OCH3 is 1. The molecular formula is C19H20ClF3N2O4S. The SMILES string of the molecule is COc1ccccc1[C@H](C)NC(=O)CN(c1cc(C(F)(F)F)ccc1Cl)S(C)(=O)=O. The zero-order valence-corrected chi connectivity index (χ0v) is 17.9. The molecule has 6 nitrogen and oxygen atoms in total. The van der Waals surface area contributed by atoms with Gasteiger partial charge >= 0.3 is 6.18 Å². The molecule has 0 aliphatic heterocycles. The molecule has 1 N–H and O–H groups in total. The first-order chi connectivity index (χ1) is 13.8. The molecule has 0 radical (unpaired) electrons. The van der Waals surface area contributed by atoms with E-state index in [0.717, 1.165) is 18.4 Å². The Bertz CT molecular complexity index is 1030. The molecule has 1 amide bonds. The number of nitrogens with zero attached hydrogens (tertiary/aromatic N) is 1. The molecule has 0 heterocycles. The van der Waals surface area contributed by atoms with E-state index < -0.39 is 45.9 Å². The number of para-hydroxylation sites is 1. The summed E-state index contributed by atoms with van der Waals surface area (Å²) in [6, 6.07) is 8.63. The summed E-state index contributed by atoms with van der Waals surface area (Å²) < 4.78 is 69.4. The van der Waals surface area contributed by atoms with E-state index in [2.05, 4.69) is 5.32 Å². The summed E-state index contributed by atoms with van der Waals surface area (Å²) in [5.41, 5.74) is -0.871. The smallest absolute Gasteiger partial charge is 0.416 e. The van der Waals surface area contributed by atoms with Gasteiger partial charge in [0.2, 0.25) is 15.9 Å². The third-order valence-electron chi connectivity index (χ3n) is 4.21. The van der Waals surface area contributed by atoms with Crippen LogP contribution in [0.1, 0.15) is 24.1 Å². The summed E-state index contributed by atoms with van der Waals surface area (Å²) in [4.78, 5) is 12.5. The van der Waals surface area contributed by atoms with Crippen molar-refractivity contribution in [1.82, 2.24) is 5.32 Å². The number of anilines is 1. The molecule has 0 spiro atoms. The lowest BCUT2D eigenvalue weighted by Crippen LogP contribution is -2.41. The Morgan fingerprint density at radius 3 is 2.43 bits per heavy atom. The topological polar surface area (TPSA) is 75.7 Å². The van der Waals surface area contributed by atoms with Crippen LogP contribution in [0.15, 0.2) is 42.5 Å². The number of carbonyl (C=O) groups is 1. The van der Waals surface area contributed by atoms with Crippen molar-refractivity contribution >= 4 is 33.2 Å². The van der Waals surface area contributed by atoms with E-state index in [1.165, 1.54) is 7.11 Å². The summed E-state index contributed by atoms with van der Waals surface area (Å²) in [6.07, 6.45) is -3.93. The average molecular weight is 465 g/mol. The standard InChI is InChI=1S/C19H20ClF3N2O4S/c1-12(14-6-4-5-7-17(14)29-2)24-18(26)11-25(30(3,27)28)16-10-13(19(21,22)23)8-9-15(16)20/h4-10,12H,11H2,1-3H3,(H,24,26)/t12-/m0/s1. The number of hydrogen-bond acceptors (Lipinski definition) is 4. The molecule has 0 aliphatic rings. The molecule has 2 rings (SSSR count). The molecule has 0 saturated carbocycles. The number of rotatable bonds is 7. The average Bonchev–Trinajstić information content (AvgIpc) is 2.64. The van der Waals surface area contributed by atoms with Gasteiger partial charge in [-0.1, -0.05) is 29.8 Å². The lowest BCUT2D eigenvalue weighted by atomic mass is 10.1. The molecule has 2 aromatic carbocycles. The van der Waals surface area contributed by atoms with Crippen molar-refractivity contribution in [3.8, 4) is 5.75 Å².